The third-order valence-electron chi connectivity index (χ3n) is 2.17. The molecule has 88 valence electrons. The molecule has 0 saturated heterocycles. The summed E-state index contributed by atoms with van der Waals surface area (Å²) in [5.41, 5.74) is 6.33. The van der Waals surface area contributed by atoms with Gasteiger partial charge >= 0.3 is 0 Å². The summed E-state index contributed by atoms with van der Waals surface area (Å²) in [5, 5.41) is 2.43. The van der Waals surface area contributed by atoms with Gasteiger partial charge < -0.3 is 15.8 Å². The van der Waals surface area contributed by atoms with Crippen molar-refractivity contribution in [2.45, 2.75) is 13.0 Å². The molecule has 0 bridgehead atoms. The molecule has 5 heteroatoms. The zero-order valence-electron chi connectivity index (χ0n) is 9.29. The quantitative estimate of drug-likeness (QED) is 0.806. The number of methoxy groups -OCH3 is 1. The van der Waals surface area contributed by atoms with Gasteiger partial charge in [-0.1, -0.05) is 6.07 Å². The maximum Gasteiger partial charge on any atom is 0.254 e. The van der Waals surface area contributed by atoms with Crippen molar-refractivity contribution in [3.63, 3.8) is 0 Å². The SMILES string of the molecule is COC(CN)C(=O)Nc1cc(C)ccc1F. The monoisotopic (exact) mass is 226 g/mol. The van der Waals surface area contributed by atoms with Crippen molar-refractivity contribution in [3.8, 4) is 0 Å². The summed E-state index contributed by atoms with van der Waals surface area (Å²) < 4.78 is 18.2. The summed E-state index contributed by atoms with van der Waals surface area (Å²) in [5.74, 6) is -0.930. The normalized spacial score (nSPS) is 12.2. The van der Waals surface area contributed by atoms with Gasteiger partial charge in [-0.15, -0.1) is 0 Å². The Morgan fingerprint density at radius 1 is 1.62 bits per heavy atom. The van der Waals surface area contributed by atoms with E-state index in [9.17, 15) is 9.18 Å². The molecule has 1 rings (SSSR count). The van der Waals surface area contributed by atoms with Crippen LogP contribution in [0.15, 0.2) is 18.2 Å². The van der Waals surface area contributed by atoms with Gasteiger partial charge in [-0.2, -0.15) is 0 Å². The minimum absolute atomic E-state index is 0.0514. The lowest BCUT2D eigenvalue weighted by atomic mass is 10.2. The van der Waals surface area contributed by atoms with E-state index < -0.39 is 17.8 Å². The lowest BCUT2D eigenvalue weighted by Gasteiger charge is -2.13. The molecule has 0 aliphatic heterocycles. The first-order valence-corrected chi connectivity index (χ1v) is 4.88. The molecule has 3 N–H and O–H groups in total. The molecule has 0 fully saturated rings. The molecule has 0 radical (unpaired) electrons. The lowest BCUT2D eigenvalue weighted by molar-refractivity contribution is -0.125. The minimum Gasteiger partial charge on any atom is -0.370 e. The number of hydrogen-bond acceptors (Lipinski definition) is 3. The molecule has 1 unspecified atom stereocenters. The van der Waals surface area contributed by atoms with Crippen molar-refractivity contribution in [3.05, 3.63) is 29.6 Å². The average molecular weight is 226 g/mol. The first-order valence-electron chi connectivity index (χ1n) is 4.88. The summed E-state index contributed by atoms with van der Waals surface area (Å²) in [4.78, 5) is 11.6. The highest BCUT2D eigenvalue weighted by atomic mass is 19.1. The van der Waals surface area contributed by atoms with Crippen molar-refractivity contribution >= 4 is 11.6 Å². The van der Waals surface area contributed by atoms with Gasteiger partial charge in [0.25, 0.3) is 5.91 Å². The summed E-state index contributed by atoms with van der Waals surface area (Å²) in [6.45, 7) is 1.86. The second-order valence-corrected chi connectivity index (χ2v) is 3.43. The van der Waals surface area contributed by atoms with Gasteiger partial charge in [0.15, 0.2) is 0 Å². The number of benzene rings is 1. The Morgan fingerprint density at radius 3 is 2.88 bits per heavy atom. The maximum atomic E-state index is 13.3. The first-order chi connectivity index (χ1) is 7.58. The third kappa shape index (κ3) is 3.01. The molecule has 1 amide bonds. The Labute approximate surface area is 93.6 Å². The lowest BCUT2D eigenvalue weighted by Crippen LogP contribution is -2.36. The molecule has 0 heterocycles. The van der Waals surface area contributed by atoms with E-state index in [0.717, 1.165) is 5.56 Å². The number of aryl methyl sites for hydroxylation is 1. The highest BCUT2D eigenvalue weighted by molar-refractivity contribution is 5.94. The zero-order chi connectivity index (χ0) is 12.1. The molecule has 0 aliphatic rings. The number of anilines is 1. The Morgan fingerprint density at radius 2 is 2.31 bits per heavy atom. The molecule has 0 spiro atoms. The van der Waals surface area contributed by atoms with Crippen molar-refractivity contribution in [2.24, 2.45) is 5.73 Å². The van der Waals surface area contributed by atoms with Gasteiger partial charge in [-0.05, 0) is 24.6 Å². The van der Waals surface area contributed by atoms with E-state index in [0.29, 0.717) is 0 Å². The maximum absolute atomic E-state index is 13.3. The van der Waals surface area contributed by atoms with Crippen LogP contribution in [0.25, 0.3) is 0 Å². The average Bonchev–Trinajstić information content (AvgIpc) is 2.25. The number of halogens is 1. The Bertz CT molecular complexity index is 378. The number of amides is 1. The van der Waals surface area contributed by atoms with Gasteiger partial charge in [0.2, 0.25) is 0 Å². The van der Waals surface area contributed by atoms with Crippen LogP contribution in [0.3, 0.4) is 0 Å². The van der Waals surface area contributed by atoms with Crippen molar-refractivity contribution < 1.29 is 13.9 Å². The number of carbonyl (C=O) groups is 1. The van der Waals surface area contributed by atoms with Gasteiger partial charge in [-0.3, -0.25) is 4.79 Å². The molecule has 1 aromatic rings. The van der Waals surface area contributed by atoms with Crippen LogP contribution in [0, 0.1) is 12.7 Å². The van der Waals surface area contributed by atoms with Crippen LogP contribution in [-0.4, -0.2) is 25.7 Å². The highest BCUT2D eigenvalue weighted by Crippen LogP contribution is 2.15. The van der Waals surface area contributed by atoms with Crippen molar-refractivity contribution in [1.82, 2.24) is 0 Å². The van der Waals surface area contributed by atoms with E-state index in [1.807, 2.05) is 6.92 Å². The molecule has 1 aromatic carbocycles. The van der Waals surface area contributed by atoms with Crippen LogP contribution in [0.1, 0.15) is 5.56 Å². The third-order valence-corrected chi connectivity index (χ3v) is 2.17. The van der Waals surface area contributed by atoms with Crippen LogP contribution in [-0.2, 0) is 9.53 Å². The van der Waals surface area contributed by atoms with Gasteiger partial charge in [0.05, 0.1) is 5.69 Å². The van der Waals surface area contributed by atoms with E-state index in [1.54, 1.807) is 12.1 Å². The van der Waals surface area contributed by atoms with Crippen LogP contribution in [0.5, 0.6) is 0 Å². The number of rotatable bonds is 4. The number of nitrogens with two attached hydrogens (primary N) is 1. The Balaban J connectivity index is 2.80. The summed E-state index contributed by atoms with van der Waals surface area (Å²) >= 11 is 0. The standard InChI is InChI=1S/C11H15FN2O2/c1-7-3-4-8(12)9(5-7)14-11(15)10(6-13)16-2/h3-5,10H,6,13H2,1-2H3,(H,14,15). The van der Waals surface area contributed by atoms with Gasteiger partial charge in [0.1, 0.15) is 11.9 Å². The zero-order valence-corrected chi connectivity index (χ0v) is 9.29. The molecule has 0 aromatic heterocycles. The summed E-state index contributed by atoms with van der Waals surface area (Å²) in [6, 6.07) is 4.48. The number of carbonyl (C=O) groups excluding carboxylic acids is 1. The molecule has 4 nitrogen and oxygen atoms in total. The smallest absolute Gasteiger partial charge is 0.254 e. The molecular weight excluding hydrogens is 211 g/mol. The predicted octanol–water partition coefficient (Wildman–Crippen LogP) is 1.05. The van der Waals surface area contributed by atoms with E-state index in [1.165, 1.54) is 13.2 Å². The largest absolute Gasteiger partial charge is 0.370 e. The minimum atomic E-state index is -0.764. The van der Waals surface area contributed by atoms with Crippen molar-refractivity contribution in [2.75, 3.05) is 19.0 Å². The van der Waals surface area contributed by atoms with E-state index in [-0.39, 0.29) is 12.2 Å². The fourth-order valence-corrected chi connectivity index (χ4v) is 1.26. The second kappa shape index (κ2) is 5.58. The van der Waals surface area contributed by atoms with Gasteiger partial charge in [0, 0.05) is 13.7 Å². The molecular formula is C11H15FN2O2. The second-order valence-electron chi connectivity index (χ2n) is 3.43. The van der Waals surface area contributed by atoms with Crippen molar-refractivity contribution in [1.29, 1.82) is 0 Å². The van der Waals surface area contributed by atoms with Crippen LogP contribution in [0.2, 0.25) is 0 Å². The molecule has 0 saturated carbocycles. The van der Waals surface area contributed by atoms with E-state index >= 15 is 0 Å². The van der Waals surface area contributed by atoms with E-state index in [4.69, 9.17) is 10.5 Å². The summed E-state index contributed by atoms with van der Waals surface area (Å²) in [6.07, 6.45) is -0.764. The Kier molecular flexibility index (Phi) is 4.39. The molecule has 16 heavy (non-hydrogen) atoms. The van der Waals surface area contributed by atoms with E-state index in [2.05, 4.69) is 5.32 Å². The Hall–Kier alpha value is -1.46. The first kappa shape index (κ1) is 12.6. The highest BCUT2D eigenvalue weighted by Gasteiger charge is 2.17. The van der Waals surface area contributed by atoms with Crippen LogP contribution in [0.4, 0.5) is 10.1 Å². The topological polar surface area (TPSA) is 64.3 Å². The molecule has 1 atom stereocenters. The predicted molar refractivity (Wildman–Crippen MR) is 59.6 cm³/mol. The molecule has 0 aliphatic carbocycles. The number of hydrogen-bond donors (Lipinski definition) is 2. The van der Waals surface area contributed by atoms with Gasteiger partial charge in [-0.25, -0.2) is 4.39 Å². The summed E-state index contributed by atoms with van der Waals surface area (Å²) in [7, 11) is 1.38. The number of ether oxygens (including phenoxy) is 1. The fourth-order valence-electron chi connectivity index (χ4n) is 1.26. The number of nitrogens with one attached hydrogen (secondary N) is 1. The van der Waals surface area contributed by atoms with Crippen LogP contribution < -0.4 is 11.1 Å². The fraction of sp³-hybridized carbons (Fsp3) is 0.364. The van der Waals surface area contributed by atoms with Crippen LogP contribution >= 0.6 is 0 Å².